The summed E-state index contributed by atoms with van der Waals surface area (Å²) in [6, 6.07) is 8.88. The highest BCUT2D eigenvalue weighted by molar-refractivity contribution is 7.22. The highest BCUT2D eigenvalue weighted by Gasteiger charge is 2.31. The molecule has 188 valence electrons. The van der Waals surface area contributed by atoms with Gasteiger partial charge >= 0.3 is 12.1 Å². The number of ether oxygens (including phenoxy) is 1. The van der Waals surface area contributed by atoms with Gasteiger partial charge in [0.2, 0.25) is 0 Å². The predicted molar refractivity (Wildman–Crippen MR) is 131 cm³/mol. The fraction of sp³-hybridized carbons (Fsp3) is 0.417. The number of aliphatic carboxylic acids is 1. The summed E-state index contributed by atoms with van der Waals surface area (Å²) >= 11 is 7.38. The second kappa shape index (κ2) is 10.6. The summed E-state index contributed by atoms with van der Waals surface area (Å²) in [6.07, 6.45) is -3.60. The van der Waals surface area contributed by atoms with Gasteiger partial charge in [-0.1, -0.05) is 29.9 Å². The van der Waals surface area contributed by atoms with Crippen LogP contribution < -0.4 is 9.64 Å². The van der Waals surface area contributed by atoms with E-state index in [2.05, 4.69) is 21.7 Å². The van der Waals surface area contributed by atoms with E-state index in [1.165, 1.54) is 23.5 Å². The predicted octanol–water partition coefficient (Wildman–Crippen LogP) is 5.58. The number of hydrogen-bond acceptors (Lipinski definition) is 6. The Bertz CT molecular complexity index is 1200. The van der Waals surface area contributed by atoms with Gasteiger partial charge in [-0.15, -0.1) is 0 Å². The summed E-state index contributed by atoms with van der Waals surface area (Å²) in [5.74, 6) is -0.399. The first kappa shape index (κ1) is 25.5. The zero-order chi connectivity index (χ0) is 25.2. The number of benzene rings is 2. The second-order valence-electron chi connectivity index (χ2n) is 8.43. The molecule has 0 amide bonds. The van der Waals surface area contributed by atoms with Crippen molar-refractivity contribution in [3.05, 3.63) is 52.5 Å². The summed E-state index contributed by atoms with van der Waals surface area (Å²) in [4.78, 5) is 20.0. The number of halogens is 4. The van der Waals surface area contributed by atoms with Crippen LogP contribution >= 0.6 is 22.9 Å². The van der Waals surface area contributed by atoms with Gasteiger partial charge in [0.25, 0.3) is 0 Å². The molecule has 35 heavy (non-hydrogen) atoms. The van der Waals surface area contributed by atoms with E-state index in [-0.39, 0.29) is 12.5 Å². The maximum Gasteiger partial charge on any atom is 0.416 e. The number of nitrogens with zero attached hydrogens (tertiary/aromatic N) is 3. The Morgan fingerprint density at radius 1 is 1.26 bits per heavy atom. The van der Waals surface area contributed by atoms with Crippen molar-refractivity contribution in [3.8, 4) is 5.75 Å². The molecule has 11 heteroatoms. The average molecular weight is 528 g/mol. The first-order valence-corrected chi connectivity index (χ1v) is 12.4. The Labute approximate surface area is 209 Å². The van der Waals surface area contributed by atoms with Crippen molar-refractivity contribution < 1.29 is 27.8 Å². The molecule has 1 aliphatic rings. The zero-order valence-electron chi connectivity index (χ0n) is 19.0. The van der Waals surface area contributed by atoms with Crippen LogP contribution in [0.2, 0.25) is 5.02 Å². The van der Waals surface area contributed by atoms with Crippen LogP contribution in [0.3, 0.4) is 0 Å². The van der Waals surface area contributed by atoms with Gasteiger partial charge in [0, 0.05) is 37.2 Å². The first-order chi connectivity index (χ1) is 16.6. The van der Waals surface area contributed by atoms with E-state index in [1.807, 2.05) is 0 Å². The van der Waals surface area contributed by atoms with Crippen molar-refractivity contribution >= 4 is 44.3 Å². The van der Waals surface area contributed by atoms with E-state index >= 15 is 0 Å². The van der Waals surface area contributed by atoms with Crippen LogP contribution in [-0.4, -0.2) is 59.8 Å². The number of fused-ring (bicyclic) bond motifs is 1. The third kappa shape index (κ3) is 6.36. The molecule has 3 aromatic rings. The molecule has 2 aromatic carbocycles. The Hall–Kier alpha value is -2.56. The molecule has 0 saturated carbocycles. The SMILES string of the molecule is CC[C@H]1CN(c2nc3ccc(C(F)(F)F)cc3s2)CCN1CCOc1cc(Cl)cc(CC(=O)O)c1. The summed E-state index contributed by atoms with van der Waals surface area (Å²) in [7, 11) is 0. The molecule has 1 atom stereocenters. The van der Waals surface area contributed by atoms with Gasteiger partial charge in [0.1, 0.15) is 12.4 Å². The Morgan fingerprint density at radius 3 is 2.77 bits per heavy atom. The molecule has 0 bridgehead atoms. The average Bonchev–Trinajstić information content (AvgIpc) is 3.21. The quantitative estimate of drug-likeness (QED) is 0.413. The van der Waals surface area contributed by atoms with Gasteiger partial charge < -0.3 is 14.7 Å². The van der Waals surface area contributed by atoms with Crippen molar-refractivity contribution in [2.45, 2.75) is 32.0 Å². The summed E-state index contributed by atoms with van der Waals surface area (Å²) in [5.41, 5.74) is 0.496. The lowest BCUT2D eigenvalue weighted by atomic mass is 10.1. The Morgan fingerprint density at radius 2 is 2.06 bits per heavy atom. The normalized spacial score (nSPS) is 17.2. The van der Waals surface area contributed by atoms with E-state index in [1.54, 1.807) is 18.2 Å². The standard InChI is InChI=1S/C24H25ClF3N3O3S/c1-2-18-14-31(23-29-20-4-3-16(24(26,27)28)12-21(20)35-23)6-5-30(18)7-8-34-19-10-15(11-22(32)33)9-17(25)13-19/h3-4,9-10,12-13,18H,2,5-8,11,14H2,1H3,(H,32,33)/t18-/m0/s1. The van der Waals surface area contributed by atoms with Crippen LogP contribution in [0.15, 0.2) is 36.4 Å². The van der Waals surface area contributed by atoms with Crippen molar-refractivity contribution in [3.63, 3.8) is 0 Å². The van der Waals surface area contributed by atoms with E-state index < -0.39 is 17.7 Å². The number of piperazine rings is 1. The third-order valence-corrected chi connectivity index (χ3v) is 7.28. The van der Waals surface area contributed by atoms with E-state index in [4.69, 9.17) is 21.4 Å². The van der Waals surface area contributed by atoms with Gasteiger partial charge in [-0.25, -0.2) is 4.98 Å². The number of carboxylic acids is 1. The fourth-order valence-corrected chi connectivity index (χ4v) is 5.52. The summed E-state index contributed by atoms with van der Waals surface area (Å²) < 4.78 is 45.5. The van der Waals surface area contributed by atoms with E-state index in [0.717, 1.165) is 30.7 Å². The molecule has 1 aliphatic heterocycles. The minimum absolute atomic E-state index is 0.125. The molecule has 1 aromatic heterocycles. The first-order valence-electron chi connectivity index (χ1n) is 11.2. The monoisotopic (exact) mass is 527 g/mol. The van der Waals surface area contributed by atoms with E-state index in [9.17, 15) is 18.0 Å². The van der Waals surface area contributed by atoms with Crippen molar-refractivity contribution in [1.82, 2.24) is 9.88 Å². The molecule has 0 spiro atoms. The van der Waals surface area contributed by atoms with Gasteiger partial charge in [-0.05, 0) is 48.4 Å². The van der Waals surface area contributed by atoms with Crippen LogP contribution in [0.5, 0.6) is 5.75 Å². The molecule has 0 aliphatic carbocycles. The Kier molecular flexibility index (Phi) is 7.73. The fourth-order valence-electron chi connectivity index (χ4n) is 4.23. The van der Waals surface area contributed by atoms with Crippen molar-refractivity contribution in [2.24, 2.45) is 0 Å². The molecule has 1 saturated heterocycles. The van der Waals surface area contributed by atoms with Crippen LogP contribution in [-0.2, 0) is 17.4 Å². The molecule has 0 unspecified atom stereocenters. The van der Waals surface area contributed by atoms with Crippen LogP contribution in [0.1, 0.15) is 24.5 Å². The zero-order valence-corrected chi connectivity index (χ0v) is 20.6. The smallest absolute Gasteiger partial charge is 0.416 e. The minimum atomic E-state index is -4.37. The number of thiazole rings is 1. The van der Waals surface area contributed by atoms with E-state index in [0.29, 0.717) is 46.2 Å². The van der Waals surface area contributed by atoms with Crippen molar-refractivity contribution in [2.75, 3.05) is 37.7 Å². The molecule has 2 heterocycles. The van der Waals surface area contributed by atoms with Crippen LogP contribution in [0.25, 0.3) is 10.2 Å². The third-order valence-electron chi connectivity index (χ3n) is 5.98. The highest BCUT2D eigenvalue weighted by Crippen LogP contribution is 2.36. The van der Waals surface area contributed by atoms with Crippen LogP contribution in [0, 0.1) is 0 Å². The van der Waals surface area contributed by atoms with Gasteiger partial charge in [0.05, 0.1) is 22.2 Å². The number of rotatable bonds is 8. The molecule has 6 nitrogen and oxygen atoms in total. The Balaban J connectivity index is 1.36. The molecule has 1 N–H and O–H groups in total. The number of anilines is 1. The lowest BCUT2D eigenvalue weighted by Crippen LogP contribution is -2.53. The number of alkyl halides is 3. The summed E-state index contributed by atoms with van der Waals surface area (Å²) in [6.45, 7) is 5.41. The lowest BCUT2D eigenvalue weighted by Gasteiger charge is -2.41. The lowest BCUT2D eigenvalue weighted by molar-refractivity contribution is -0.138. The number of aromatic nitrogens is 1. The molecule has 0 radical (unpaired) electrons. The molecule has 4 rings (SSSR count). The maximum absolute atomic E-state index is 13.0. The minimum Gasteiger partial charge on any atom is -0.492 e. The van der Waals surface area contributed by atoms with Crippen molar-refractivity contribution in [1.29, 1.82) is 0 Å². The summed E-state index contributed by atoms with van der Waals surface area (Å²) in [5, 5.41) is 10.2. The number of carboxylic acid groups (broad SMARTS) is 1. The second-order valence-corrected chi connectivity index (χ2v) is 9.88. The van der Waals surface area contributed by atoms with Gasteiger partial charge in [-0.3, -0.25) is 9.69 Å². The maximum atomic E-state index is 13.0. The topological polar surface area (TPSA) is 65.9 Å². The number of hydrogen-bond donors (Lipinski definition) is 1. The number of carbonyl (C=O) groups is 1. The molecular formula is C24H25ClF3N3O3S. The highest BCUT2D eigenvalue weighted by atomic mass is 35.5. The van der Waals surface area contributed by atoms with Crippen LogP contribution in [0.4, 0.5) is 18.3 Å². The molecular weight excluding hydrogens is 503 g/mol. The molecule has 1 fully saturated rings. The van der Waals surface area contributed by atoms with Gasteiger partial charge in [-0.2, -0.15) is 13.2 Å². The van der Waals surface area contributed by atoms with Gasteiger partial charge in [0.15, 0.2) is 5.13 Å². The largest absolute Gasteiger partial charge is 0.492 e.